The Labute approximate surface area is 170 Å². The third-order valence-corrected chi connectivity index (χ3v) is 4.93. The molecule has 6 nitrogen and oxygen atoms in total. The zero-order chi connectivity index (χ0) is 20.8. The number of ether oxygens (including phenoxy) is 4. The van der Waals surface area contributed by atoms with Crippen molar-refractivity contribution in [2.45, 2.75) is 104 Å². The standard InChI is InChI=1S/C22H40O6/c1-17(2)11-6-5-9-15-25-21(23)27-19-13-7-8-14-20(19)28-22(24)26-16-10-12-18(3)4/h17-20H,5-16H2,1-4H3. The van der Waals surface area contributed by atoms with Crippen molar-refractivity contribution in [3.8, 4) is 0 Å². The molecule has 0 aromatic heterocycles. The summed E-state index contributed by atoms with van der Waals surface area (Å²) in [6.07, 6.45) is 7.03. The second kappa shape index (κ2) is 14.5. The van der Waals surface area contributed by atoms with Gasteiger partial charge in [-0.15, -0.1) is 0 Å². The Bertz CT molecular complexity index is 435. The average Bonchev–Trinajstić information content (AvgIpc) is 2.63. The smallest absolute Gasteiger partial charge is 0.434 e. The molecule has 1 aliphatic carbocycles. The molecule has 0 bridgehead atoms. The monoisotopic (exact) mass is 400 g/mol. The average molecular weight is 401 g/mol. The molecule has 2 unspecified atom stereocenters. The predicted octanol–water partition coefficient (Wildman–Crippen LogP) is 6.26. The van der Waals surface area contributed by atoms with E-state index in [0.29, 0.717) is 37.9 Å². The largest absolute Gasteiger partial charge is 0.508 e. The minimum Gasteiger partial charge on any atom is -0.434 e. The highest BCUT2D eigenvalue weighted by Crippen LogP contribution is 2.25. The Hall–Kier alpha value is -1.46. The molecule has 0 radical (unpaired) electrons. The van der Waals surface area contributed by atoms with E-state index in [4.69, 9.17) is 18.9 Å². The molecular weight excluding hydrogens is 360 g/mol. The van der Waals surface area contributed by atoms with Crippen molar-refractivity contribution in [3.63, 3.8) is 0 Å². The van der Waals surface area contributed by atoms with Crippen molar-refractivity contribution in [2.24, 2.45) is 11.8 Å². The van der Waals surface area contributed by atoms with Gasteiger partial charge in [-0.05, 0) is 56.8 Å². The molecule has 0 aromatic rings. The number of hydrogen-bond donors (Lipinski definition) is 0. The van der Waals surface area contributed by atoms with Crippen LogP contribution in [0.3, 0.4) is 0 Å². The van der Waals surface area contributed by atoms with Crippen LogP contribution in [-0.2, 0) is 18.9 Å². The van der Waals surface area contributed by atoms with E-state index in [1.54, 1.807) is 0 Å². The van der Waals surface area contributed by atoms with E-state index in [1.165, 1.54) is 6.42 Å². The van der Waals surface area contributed by atoms with E-state index in [-0.39, 0.29) is 0 Å². The first-order valence-corrected chi connectivity index (χ1v) is 11.0. The fourth-order valence-corrected chi connectivity index (χ4v) is 3.28. The maximum absolute atomic E-state index is 11.9. The van der Waals surface area contributed by atoms with Crippen LogP contribution in [0.15, 0.2) is 0 Å². The van der Waals surface area contributed by atoms with Gasteiger partial charge in [0.2, 0.25) is 0 Å². The lowest BCUT2D eigenvalue weighted by Crippen LogP contribution is -2.38. The fourth-order valence-electron chi connectivity index (χ4n) is 3.28. The molecule has 1 saturated carbocycles. The highest BCUT2D eigenvalue weighted by Gasteiger charge is 2.32. The van der Waals surface area contributed by atoms with Crippen molar-refractivity contribution in [1.82, 2.24) is 0 Å². The molecule has 0 aliphatic heterocycles. The van der Waals surface area contributed by atoms with Crippen LogP contribution in [0.25, 0.3) is 0 Å². The van der Waals surface area contributed by atoms with Gasteiger partial charge in [0.05, 0.1) is 13.2 Å². The summed E-state index contributed by atoms with van der Waals surface area (Å²) in [5.41, 5.74) is 0. The minimum atomic E-state index is -0.678. The topological polar surface area (TPSA) is 71.1 Å². The zero-order valence-electron chi connectivity index (χ0n) is 18.2. The van der Waals surface area contributed by atoms with Crippen LogP contribution in [0, 0.1) is 11.8 Å². The number of hydrogen-bond acceptors (Lipinski definition) is 6. The summed E-state index contributed by atoms with van der Waals surface area (Å²) in [4.78, 5) is 23.8. The molecule has 1 fully saturated rings. The van der Waals surface area contributed by atoms with E-state index in [0.717, 1.165) is 44.9 Å². The third kappa shape index (κ3) is 12.1. The molecule has 164 valence electrons. The normalized spacial score (nSPS) is 19.5. The van der Waals surface area contributed by atoms with Crippen molar-refractivity contribution >= 4 is 12.3 Å². The molecule has 6 heteroatoms. The van der Waals surface area contributed by atoms with Crippen LogP contribution < -0.4 is 0 Å². The summed E-state index contributed by atoms with van der Waals surface area (Å²) in [5, 5.41) is 0. The predicted molar refractivity (Wildman–Crippen MR) is 108 cm³/mol. The van der Waals surface area contributed by atoms with Gasteiger partial charge >= 0.3 is 12.3 Å². The Balaban J connectivity index is 2.24. The van der Waals surface area contributed by atoms with Crippen LogP contribution >= 0.6 is 0 Å². The van der Waals surface area contributed by atoms with Crippen LogP contribution in [0.4, 0.5) is 9.59 Å². The third-order valence-electron chi connectivity index (χ3n) is 4.93. The second-order valence-electron chi connectivity index (χ2n) is 8.57. The molecule has 0 amide bonds. The van der Waals surface area contributed by atoms with Gasteiger partial charge < -0.3 is 18.9 Å². The summed E-state index contributed by atoms with van der Waals surface area (Å²) >= 11 is 0. The van der Waals surface area contributed by atoms with E-state index in [2.05, 4.69) is 27.7 Å². The number of carbonyl (C=O) groups is 2. The summed E-state index contributed by atoms with van der Waals surface area (Å²) in [6, 6.07) is 0. The lowest BCUT2D eigenvalue weighted by Gasteiger charge is -2.29. The molecule has 0 aromatic carbocycles. The maximum atomic E-state index is 11.9. The highest BCUT2D eigenvalue weighted by molar-refractivity contribution is 5.61. The highest BCUT2D eigenvalue weighted by atomic mass is 16.8. The summed E-state index contributed by atoms with van der Waals surface area (Å²) in [6.45, 7) is 9.40. The second-order valence-corrected chi connectivity index (χ2v) is 8.57. The molecule has 1 aliphatic rings. The van der Waals surface area contributed by atoms with Gasteiger partial charge in [-0.25, -0.2) is 9.59 Å². The Kier molecular flexibility index (Phi) is 12.8. The Morgan fingerprint density at radius 1 is 0.714 bits per heavy atom. The van der Waals surface area contributed by atoms with Crippen LogP contribution in [0.1, 0.15) is 91.9 Å². The molecular formula is C22H40O6. The van der Waals surface area contributed by atoms with Crippen molar-refractivity contribution in [1.29, 1.82) is 0 Å². The van der Waals surface area contributed by atoms with E-state index in [9.17, 15) is 9.59 Å². The van der Waals surface area contributed by atoms with Gasteiger partial charge in [-0.3, -0.25) is 0 Å². The van der Waals surface area contributed by atoms with Crippen molar-refractivity contribution < 1.29 is 28.5 Å². The maximum Gasteiger partial charge on any atom is 0.508 e. The van der Waals surface area contributed by atoms with E-state index >= 15 is 0 Å². The molecule has 0 heterocycles. The molecule has 2 atom stereocenters. The fraction of sp³-hybridized carbons (Fsp3) is 0.909. The Morgan fingerprint density at radius 2 is 1.18 bits per heavy atom. The van der Waals surface area contributed by atoms with Gasteiger partial charge in [-0.1, -0.05) is 47.0 Å². The first-order chi connectivity index (χ1) is 13.4. The molecule has 1 rings (SSSR count). The summed E-state index contributed by atoms with van der Waals surface area (Å²) in [7, 11) is 0. The number of carbonyl (C=O) groups excluding carboxylic acids is 2. The molecule has 28 heavy (non-hydrogen) atoms. The van der Waals surface area contributed by atoms with Gasteiger partial charge in [0.25, 0.3) is 0 Å². The van der Waals surface area contributed by atoms with Crippen molar-refractivity contribution in [3.05, 3.63) is 0 Å². The first kappa shape index (κ1) is 24.6. The van der Waals surface area contributed by atoms with Crippen molar-refractivity contribution in [2.75, 3.05) is 13.2 Å². The quantitative estimate of drug-likeness (QED) is 0.284. The Morgan fingerprint density at radius 3 is 1.68 bits per heavy atom. The van der Waals surface area contributed by atoms with Crippen LogP contribution in [0.2, 0.25) is 0 Å². The van der Waals surface area contributed by atoms with E-state index in [1.807, 2.05) is 0 Å². The van der Waals surface area contributed by atoms with Gasteiger partial charge in [-0.2, -0.15) is 0 Å². The first-order valence-electron chi connectivity index (χ1n) is 11.0. The van der Waals surface area contributed by atoms with Gasteiger partial charge in [0.15, 0.2) is 0 Å². The SMILES string of the molecule is CC(C)CCCCCOC(=O)OC1CCCCC1OC(=O)OCCCC(C)C. The zero-order valence-corrected chi connectivity index (χ0v) is 18.2. The summed E-state index contributed by atoms with van der Waals surface area (Å²) < 4.78 is 21.1. The van der Waals surface area contributed by atoms with Gasteiger partial charge in [0, 0.05) is 0 Å². The molecule has 0 N–H and O–H groups in total. The van der Waals surface area contributed by atoms with Crippen LogP contribution in [0.5, 0.6) is 0 Å². The van der Waals surface area contributed by atoms with E-state index < -0.39 is 24.5 Å². The lowest BCUT2D eigenvalue weighted by molar-refractivity contribution is -0.0713. The lowest BCUT2D eigenvalue weighted by atomic mass is 9.95. The summed E-state index contributed by atoms with van der Waals surface area (Å²) in [5.74, 6) is 1.29. The number of rotatable bonds is 12. The molecule has 0 spiro atoms. The van der Waals surface area contributed by atoms with Crippen LogP contribution in [-0.4, -0.2) is 37.7 Å². The van der Waals surface area contributed by atoms with Gasteiger partial charge in [0.1, 0.15) is 12.2 Å². The minimum absolute atomic E-state index is 0.355. The molecule has 0 saturated heterocycles. The number of unbranched alkanes of at least 4 members (excludes halogenated alkanes) is 2.